The Morgan fingerprint density at radius 3 is 1.87 bits per heavy atom. The number of ether oxygens (including phenoxy) is 7. The van der Waals surface area contributed by atoms with Gasteiger partial charge in [-0.2, -0.15) is 23.5 Å². The first-order valence-corrected chi connectivity index (χ1v) is 23.5. The molecule has 0 aliphatic carbocycles. The maximum atomic E-state index is 11.8. The number of nitrogens with one attached hydrogen (secondary N) is 2. The van der Waals surface area contributed by atoms with Gasteiger partial charge in [0, 0.05) is 64.8 Å². The first kappa shape index (κ1) is 54.2. The SMILES string of the molecule is CNC(=O)CCC(=O)NCCSCCCOC1[C@@H](OC)OC(CO[C@H]2OC(CO)[C@@H](O)[C@H](O)C2OCCCSCCN=C(N)CS[C@@H]2O[C@@H](CO)[C@H](O)[C@H](O)C2O)[C@@H](O)[C@@H]1O. The fourth-order valence-corrected chi connectivity index (χ4v) is 8.83. The van der Waals surface area contributed by atoms with Crippen LogP contribution in [0.2, 0.25) is 0 Å². The van der Waals surface area contributed by atoms with Crippen LogP contribution in [0.25, 0.3) is 0 Å². The Balaban J connectivity index is 1.36. The van der Waals surface area contributed by atoms with E-state index < -0.39 is 104 Å². The third-order valence-electron chi connectivity index (χ3n) is 9.83. The number of aliphatic hydroxyl groups excluding tert-OH is 9. The molecule has 356 valence electrons. The fraction of sp³-hybridized carbons (Fsp3) is 0.917. The minimum Gasteiger partial charge on any atom is -0.394 e. The van der Waals surface area contributed by atoms with Gasteiger partial charge < -0.3 is 95.5 Å². The molecule has 5 unspecified atom stereocenters. The highest BCUT2D eigenvalue weighted by Crippen LogP contribution is 2.30. The molecule has 3 fully saturated rings. The molecular formula is C36H66N4O18S3. The summed E-state index contributed by atoms with van der Waals surface area (Å²) in [6, 6.07) is 0. The second-order valence-corrected chi connectivity index (χ2v) is 17.8. The monoisotopic (exact) mass is 938 g/mol. The summed E-state index contributed by atoms with van der Waals surface area (Å²) in [4.78, 5) is 27.4. The molecule has 2 amide bonds. The van der Waals surface area contributed by atoms with Crippen molar-refractivity contribution in [2.75, 3.05) is 89.0 Å². The summed E-state index contributed by atoms with van der Waals surface area (Å²) in [6.45, 7) is -0.301. The molecule has 0 radical (unpaired) electrons. The Bertz CT molecular complexity index is 1290. The van der Waals surface area contributed by atoms with Gasteiger partial charge in [0.25, 0.3) is 0 Å². The third kappa shape index (κ3) is 17.6. The zero-order valence-corrected chi connectivity index (χ0v) is 36.9. The van der Waals surface area contributed by atoms with Gasteiger partial charge in [0.05, 0.1) is 25.6 Å². The smallest absolute Gasteiger partial charge is 0.220 e. The lowest BCUT2D eigenvalue weighted by Gasteiger charge is -2.44. The van der Waals surface area contributed by atoms with E-state index in [1.165, 1.54) is 14.2 Å². The maximum absolute atomic E-state index is 11.8. The number of carbonyl (C=O) groups excluding carboxylic acids is 2. The molecule has 0 aromatic rings. The molecule has 22 nitrogen and oxygen atoms in total. The Morgan fingerprint density at radius 1 is 0.689 bits per heavy atom. The van der Waals surface area contributed by atoms with E-state index >= 15 is 0 Å². The summed E-state index contributed by atoms with van der Waals surface area (Å²) >= 11 is 4.23. The van der Waals surface area contributed by atoms with E-state index in [4.69, 9.17) is 38.9 Å². The molecule has 0 saturated carbocycles. The van der Waals surface area contributed by atoms with Crippen molar-refractivity contribution >= 4 is 52.9 Å². The molecular weight excluding hydrogens is 873 g/mol. The van der Waals surface area contributed by atoms with Crippen LogP contribution in [0.15, 0.2) is 4.99 Å². The van der Waals surface area contributed by atoms with Crippen LogP contribution >= 0.6 is 35.3 Å². The van der Waals surface area contributed by atoms with Gasteiger partial charge in [-0.15, -0.1) is 11.8 Å². The molecule has 0 spiro atoms. The molecule has 3 heterocycles. The van der Waals surface area contributed by atoms with E-state index in [0.29, 0.717) is 48.9 Å². The second-order valence-electron chi connectivity index (χ2n) is 14.3. The van der Waals surface area contributed by atoms with Crippen molar-refractivity contribution in [3.8, 4) is 0 Å². The molecule has 0 aromatic heterocycles. The summed E-state index contributed by atoms with van der Waals surface area (Å²) in [5.74, 6) is 2.66. The molecule has 61 heavy (non-hydrogen) atoms. The van der Waals surface area contributed by atoms with Gasteiger partial charge >= 0.3 is 0 Å². The zero-order valence-electron chi connectivity index (χ0n) is 34.4. The predicted molar refractivity (Wildman–Crippen MR) is 224 cm³/mol. The van der Waals surface area contributed by atoms with Crippen molar-refractivity contribution < 1.29 is 88.7 Å². The number of aliphatic hydroxyl groups is 9. The first-order chi connectivity index (χ1) is 29.3. The van der Waals surface area contributed by atoms with Crippen molar-refractivity contribution in [3.05, 3.63) is 0 Å². The van der Waals surface area contributed by atoms with Crippen LogP contribution in [0.3, 0.4) is 0 Å². The number of methoxy groups -OCH3 is 1. The van der Waals surface area contributed by atoms with Crippen molar-refractivity contribution in [1.82, 2.24) is 10.6 Å². The molecule has 0 bridgehead atoms. The Kier molecular flexibility index (Phi) is 26.1. The molecule has 3 aliphatic rings. The Hall–Kier alpha value is -1.18. The van der Waals surface area contributed by atoms with Gasteiger partial charge in [-0.3, -0.25) is 14.6 Å². The number of thioether (sulfide) groups is 3. The quantitative estimate of drug-likeness (QED) is 0.0199. The number of nitrogens with zero attached hydrogens (tertiary/aromatic N) is 1. The number of carbonyl (C=O) groups is 2. The van der Waals surface area contributed by atoms with E-state index in [0.717, 1.165) is 11.8 Å². The molecule has 25 heteroatoms. The molecule has 3 rings (SSSR count). The Labute approximate surface area is 367 Å². The van der Waals surface area contributed by atoms with Crippen LogP contribution < -0.4 is 16.4 Å². The van der Waals surface area contributed by atoms with Crippen LogP contribution in [0.4, 0.5) is 0 Å². The molecule has 15 atom stereocenters. The second kappa shape index (κ2) is 29.4. The highest BCUT2D eigenvalue weighted by atomic mass is 32.2. The van der Waals surface area contributed by atoms with Crippen molar-refractivity contribution in [1.29, 1.82) is 0 Å². The number of hydrogen-bond donors (Lipinski definition) is 12. The van der Waals surface area contributed by atoms with E-state index in [-0.39, 0.29) is 56.1 Å². The van der Waals surface area contributed by atoms with E-state index in [1.54, 1.807) is 23.5 Å². The van der Waals surface area contributed by atoms with Crippen LogP contribution in [0.5, 0.6) is 0 Å². The van der Waals surface area contributed by atoms with Crippen LogP contribution in [0, 0.1) is 0 Å². The normalized spacial score (nSPS) is 34.6. The van der Waals surface area contributed by atoms with E-state index in [1.807, 2.05) is 0 Å². The summed E-state index contributed by atoms with van der Waals surface area (Å²) in [5, 5.41) is 97.7. The molecule has 3 saturated heterocycles. The van der Waals surface area contributed by atoms with Crippen LogP contribution in [0.1, 0.15) is 25.7 Å². The van der Waals surface area contributed by atoms with E-state index in [9.17, 15) is 55.5 Å². The summed E-state index contributed by atoms with van der Waals surface area (Å²) in [5.41, 5.74) is 5.08. The Morgan fingerprint density at radius 2 is 1.25 bits per heavy atom. The van der Waals surface area contributed by atoms with Gasteiger partial charge in [0.2, 0.25) is 11.8 Å². The minimum absolute atomic E-state index is 0.119. The number of nitrogens with two attached hydrogens (primary N) is 1. The fourth-order valence-electron chi connectivity index (χ4n) is 6.31. The van der Waals surface area contributed by atoms with Crippen molar-refractivity contribution in [2.24, 2.45) is 10.7 Å². The number of aliphatic imine (C=N–C) groups is 1. The highest BCUT2D eigenvalue weighted by Gasteiger charge is 2.49. The third-order valence-corrected chi connectivity index (χ3v) is 13.1. The number of amides is 2. The summed E-state index contributed by atoms with van der Waals surface area (Å²) < 4.78 is 40.1. The van der Waals surface area contributed by atoms with Crippen molar-refractivity contribution in [3.63, 3.8) is 0 Å². The summed E-state index contributed by atoms with van der Waals surface area (Å²) in [7, 11) is 2.87. The standard InChI is InChI=1S/C36H66N4O18S3/c1-38-23(43)5-6-24(44)40-8-14-60-12-3-9-53-32-30(50)27(47)21(57-34(32)52-2)17-55-35-33(29(49)26(46)19(15-41)56-35)54-10-4-11-59-13-7-39-22(37)18-61-36-31(51)28(48)25(45)20(16-42)58-36/h19-21,25-36,41-42,45-51H,3-18H2,1-2H3,(H2,37,39)(H,38,43)(H,40,44)/t19?,20-,21?,25-,26+,27+,28-,29-,30-,31?,32?,33?,34-,35-,36-/m0/s1. The van der Waals surface area contributed by atoms with Gasteiger partial charge in [-0.1, -0.05) is 0 Å². The van der Waals surface area contributed by atoms with Crippen LogP contribution in [-0.2, 0) is 42.7 Å². The minimum atomic E-state index is -1.49. The molecule has 13 N–H and O–H groups in total. The maximum Gasteiger partial charge on any atom is 0.220 e. The zero-order chi connectivity index (χ0) is 44.9. The largest absolute Gasteiger partial charge is 0.394 e. The summed E-state index contributed by atoms with van der Waals surface area (Å²) in [6.07, 6.45) is -16.7. The van der Waals surface area contributed by atoms with Crippen LogP contribution in [-0.4, -0.2) is 244 Å². The highest BCUT2D eigenvalue weighted by molar-refractivity contribution is 8.00. The predicted octanol–water partition coefficient (Wildman–Crippen LogP) is -4.92. The van der Waals surface area contributed by atoms with Gasteiger partial charge in [0.15, 0.2) is 12.6 Å². The first-order valence-electron chi connectivity index (χ1n) is 20.1. The lowest BCUT2D eigenvalue weighted by atomic mass is 9.98. The lowest BCUT2D eigenvalue weighted by molar-refractivity contribution is -0.335. The number of rotatable bonds is 28. The lowest BCUT2D eigenvalue weighted by Crippen LogP contribution is -2.62. The van der Waals surface area contributed by atoms with Gasteiger partial charge in [0.1, 0.15) is 84.5 Å². The van der Waals surface area contributed by atoms with E-state index in [2.05, 4.69) is 15.6 Å². The number of amidine groups is 1. The average Bonchev–Trinajstić information content (AvgIpc) is 3.26. The number of hydrogen-bond acceptors (Lipinski definition) is 22. The molecule has 3 aliphatic heterocycles. The topological polar surface area (TPSA) is 343 Å². The molecule has 0 aromatic carbocycles. The van der Waals surface area contributed by atoms with Crippen molar-refractivity contribution in [2.45, 2.75) is 117 Å². The van der Waals surface area contributed by atoms with Gasteiger partial charge in [-0.25, -0.2) is 0 Å². The van der Waals surface area contributed by atoms with Gasteiger partial charge in [-0.05, 0) is 24.3 Å². The average molecular weight is 939 g/mol.